The number of urea groups is 1. The number of amides is 4. The average Bonchev–Trinajstić information content (AvgIpc) is 2.87. The van der Waals surface area contributed by atoms with Gasteiger partial charge in [0.2, 0.25) is 5.91 Å². The Morgan fingerprint density at radius 3 is 2.29 bits per heavy atom. The van der Waals surface area contributed by atoms with Gasteiger partial charge >= 0.3 is 6.03 Å². The van der Waals surface area contributed by atoms with Crippen LogP contribution in [0, 0.1) is 5.82 Å². The molecular formula is C21H22FN3O3. The molecule has 146 valence electrons. The SMILES string of the molecule is CC(C)N(C(=O)CN1C(=O)NC(C)(c2ccc(F)cc2)C1=O)c1ccccc1. The van der Waals surface area contributed by atoms with Crippen molar-refractivity contribution in [3.05, 3.63) is 66.0 Å². The number of imide groups is 1. The zero-order chi connectivity index (χ0) is 20.5. The fourth-order valence-corrected chi connectivity index (χ4v) is 3.35. The van der Waals surface area contributed by atoms with Gasteiger partial charge in [0.1, 0.15) is 17.9 Å². The van der Waals surface area contributed by atoms with Crippen LogP contribution in [0.25, 0.3) is 0 Å². The Balaban J connectivity index is 1.84. The Bertz CT molecular complexity index is 899. The summed E-state index contributed by atoms with van der Waals surface area (Å²) in [5.41, 5.74) is -0.206. The fourth-order valence-electron chi connectivity index (χ4n) is 3.35. The first-order valence-electron chi connectivity index (χ1n) is 9.01. The number of nitrogens with one attached hydrogen (secondary N) is 1. The highest BCUT2D eigenvalue weighted by atomic mass is 19.1. The van der Waals surface area contributed by atoms with Gasteiger partial charge in [-0.2, -0.15) is 0 Å². The molecule has 1 fully saturated rings. The summed E-state index contributed by atoms with van der Waals surface area (Å²) >= 11 is 0. The molecule has 3 rings (SSSR count). The Morgan fingerprint density at radius 1 is 1.11 bits per heavy atom. The first kappa shape index (κ1) is 19.5. The Morgan fingerprint density at radius 2 is 1.71 bits per heavy atom. The minimum absolute atomic E-state index is 0.154. The molecular weight excluding hydrogens is 361 g/mol. The van der Waals surface area contributed by atoms with Crippen LogP contribution in [-0.2, 0) is 15.1 Å². The highest BCUT2D eigenvalue weighted by molar-refractivity contribution is 6.10. The number of nitrogens with zero attached hydrogens (tertiary/aromatic N) is 2. The molecule has 0 bridgehead atoms. The third-order valence-corrected chi connectivity index (χ3v) is 4.81. The molecule has 7 heteroatoms. The standard InChI is InChI=1S/C21H22FN3O3/c1-14(2)25(17-7-5-4-6-8-17)18(26)13-24-19(27)21(3,23-20(24)28)15-9-11-16(22)12-10-15/h4-12,14H,13H2,1-3H3,(H,23,28). The van der Waals surface area contributed by atoms with E-state index in [1.54, 1.807) is 24.0 Å². The summed E-state index contributed by atoms with van der Waals surface area (Å²) in [5, 5.41) is 2.62. The second-order valence-corrected chi connectivity index (χ2v) is 7.15. The van der Waals surface area contributed by atoms with Crippen molar-refractivity contribution >= 4 is 23.5 Å². The van der Waals surface area contributed by atoms with Crippen molar-refractivity contribution in [3.8, 4) is 0 Å². The van der Waals surface area contributed by atoms with Crippen molar-refractivity contribution in [1.82, 2.24) is 10.2 Å². The molecule has 1 saturated heterocycles. The number of halogens is 1. The van der Waals surface area contributed by atoms with Crippen molar-refractivity contribution in [2.75, 3.05) is 11.4 Å². The lowest BCUT2D eigenvalue weighted by Gasteiger charge is -2.28. The van der Waals surface area contributed by atoms with E-state index in [9.17, 15) is 18.8 Å². The number of carbonyl (C=O) groups excluding carboxylic acids is 3. The lowest BCUT2D eigenvalue weighted by Crippen LogP contribution is -2.46. The van der Waals surface area contributed by atoms with Crippen LogP contribution in [0.5, 0.6) is 0 Å². The molecule has 2 aromatic rings. The zero-order valence-corrected chi connectivity index (χ0v) is 16.0. The highest BCUT2D eigenvalue weighted by Crippen LogP contribution is 2.29. The summed E-state index contributed by atoms with van der Waals surface area (Å²) < 4.78 is 13.2. The van der Waals surface area contributed by atoms with Gasteiger partial charge in [-0.05, 0) is 50.6 Å². The Kier molecular flexibility index (Phi) is 5.18. The molecule has 1 heterocycles. The van der Waals surface area contributed by atoms with Crippen LogP contribution in [0.1, 0.15) is 26.3 Å². The van der Waals surface area contributed by atoms with Crippen LogP contribution >= 0.6 is 0 Å². The van der Waals surface area contributed by atoms with E-state index in [-0.39, 0.29) is 18.5 Å². The minimum Gasteiger partial charge on any atom is -0.319 e. The maximum Gasteiger partial charge on any atom is 0.325 e. The van der Waals surface area contributed by atoms with E-state index in [0.29, 0.717) is 11.3 Å². The first-order chi connectivity index (χ1) is 13.2. The monoisotopic (exact) mass is 383 g/mol. The van der Waals surface area contributed by atoms with Crippen LogP contribution in [0.4, 0.5) is 14.9 Å². The van der Waals surface area contributed by atoms with E-state index >= 15 is 0 Å². The van der Waals surface area contributed by atoms with Crippen molar-refractivity contribution in [1.29, 1.82) is 0 Å². The topological polar surface area (TPSA) is 69.7 Å². The molecule has 4 amide bonds. The summed E-state index contributed by atoms with van der Waals surface area (Å²) in [4.78, 5) is 40.8. The van der Waals surface area contributed by atoms with Crippen LogP contribution in [0.3, 0.4) is 0 Å². The van der Waals surface area contributed by atoms with E-state index in [1.807, 2.05) is 32.0 Å². The maximum absolute atomic E-state index is 13.2. The first-order valence-corrected chi connectivity index (χ1v) is 9.01. The number of hydrogen-bond acceptors (Lipinski definition) is 3. The average molecular weight is 383 g/mol. The van der Waals surface area contributed by atoms with Gasteiger partial charge in [0, 0.05) is 11.7 Å². The number of para-hydroxylation sites is 1. The minimum atomic E-state index is -1.35. The maximum atomic E-state index is 13.2. The lowest BCUT2D eigenvalue weighted by atomic mass is 9.92. The molecule has 1 N–H and O–H groups in total. The predicted molar refractivity (Wildman–Crippen MR) is 103 cm³/mol. The van der Waals surface area contributed by atoms with Gasteiger partial charge in [0.05, 0.1) is 0 Å². The predicted octanol–water partition coefficient (Wildman–Crippen LogP) is 3.03. The molecule has 0 aliphatic carbocycles. The van der Waals surface area contributed by atoms with Crippen LogP contribution in [-0.4, -0.2) is 35.3 Å². The Hall–Kier alpha value is -3.22. The summed E-state index contributed by atoms with van der Waals surface area (Å²) in [6.07, 6.45) is 0. The summed E-state index contributed by atoms with van der Waals surface area (Å²) in [5.74, 6) is -1.35. The third kappa shape index (κ3) is 3.47. The van der Waals surface area contributed by atoms with Crippen molar-refractivity contribution in [2.45, 2.75) is 32.4 Å². The summed E-state index contributed by atoms with van der Waals surface area (Å²) in [6, 6.07) is 13.6. The molecule has 1 atom stereocenters. The van der Waals surface area contributed by atoms with E-state index in [1.165, 1.54) is 24.3 Å². The molecule has 2 aromatic carbocycles. The van der Waals surface area contributed by atoms with E-state index in [0.717, 1.165) is 4.90 Å². The van der Waals surface area contributed by atoms with Gasteiger partial charge < -0.3 is 10.2 Å². The van der Waals surface area contributed by atoms with Crippen molar-refractivity contribution in [2.24, 2.45) is 0 Å². The second-order valence-electron chi connectivity index (χ2n) is 7.15. The third-order valence-electron chi connectivity index (χ3n) is 4.81. The molecule has 0 saturated carbocycles. The number of benzene rings is 2. The van der Waals surface area contributed by atoms with Gasteiger partial charge in [-0.3, -0.25) is 14.5 Å². The van der Waals surface area contributed by atoms with Crippen LogP contribution in [0.15, 0.2) is 54.6 Å². The van der Waals surface area contributed by atoms with Crippen LogP contribution in [0.2, 0.25) is 0 Å². The van der Waals surface area contributed by atoms with E-state index < -0.39 is 23.3 Å². The van der Waals surface area contributed by atoms with E-state index in [2.05, 4.69) is 5.32 Å². The van der Waals surface area contributed by atoms with Crippen molar-refractivity contribution < 1.29 is 18.8 Å². The lowest BCUT2D eigenvalue weighted by molar-refractivity contribution is -0.134. The van der Waals surface area contributed by atoms with Gasteiger partial charge in [-0.25, -0.2) is 9.18 Å². The molecule has 1 unspecified atom stereocenters. The fraction of sp³-hybridized carbons (Fsp3) is 0.286. The largest absolute Gasteiger partial charge is 0.325 e. The molecule has 1 aliphatic heterocycles. The summed E-state index contributed by atoms with van der Waals surface area (Å²) in [6.45, 7) is 4.88. The van der Waals surface area contributed by atoms with Crippen LogP contribution < -0.4 is 10.2 Å². The highest BCUT2D eigenvalue weighted by Gasteiger charge is 2.49. The molecule has 0 spiro atoms. The summed E-state index contributed by atoms with van der Waals surface area (Å²) in [7, 11) is 0. The van der Waals surface area contributed by atoms with E-state index in [4.69, 9.17) is 0 Å². The molecule has 0 aromatic heterocycles. The molecule has 0 radical (unpaired) electrons. The normalized spacial score (nSPS) is 19.1. The number of rotatable bonds is 5. The van der Waals surface area contributed by atoms with Gasteiger partial charge in [-0.15, -0.1) is 0 Å². The number of hydrogen-bond donors (Lipinski definition) is 1. The molecule has 6 nitrogen and oxygen atoms in total. The number of carbonyl (C=O) groups is 3. The van der Waals surface area contributed by atoms with Crippen molar-refractivity contribution in [3.63, 3.8) is 0 Å². The van der Waals surface area contributed by atoms with Gasteiger partial charge in [0.15, 0.2) is 0 Å². The Labute approximate surface area is 162 Å². The van der Waals surface area contributed by atoms with Gasteiger partial charge in [0.25, 0.3) is 5.91 Å². The number of anilines is 1. The quantitative estimate of drug-likeness (QED) is 0.807. The zero-order valence-electron chi connectivity index (χ0n) is 16.0. The smallest absolute Gasteiger partial charge is 0.319 e. The second kappa shape index (κ2) is 7.42. The molecule has 28 heavy (non-hydrogen) atoms. The van der Waals surface area contributed by atoms with Gasteiger partial charge in [-0.1, -0.05) is 30.3 Å². The molecule has 1 aliphatic rings.